The first kappa shape index (κ1) is 17.6. The number of nitrogens with one attached hydrogen (secondary N) is 1. The van der Waals surface area contributed by atoms with E-state index in [2.05, 4.69) is 15.5 Å². The lowest BCUT2D eigenvalue weighted by Crippen LogP contribution is -2.39. The van der Waals surface area contributed by atoms with Gasteiger partial charge in [-0.05, 0) is 17.7 Å². The number of carbonyl (C=O) groups is 2. The second-order valence-electron chi connectivity index (χ2n) is 5.93. The highest BCUT2D eigenvalue weighted by atomic mass is 16.5. The van der Waals surface area contributed by atoms with E-state index in [4.69, 9.17) is 4.74 Å². The minimum Gasteiger partial charge on any atom is -0.496 e. The topological polar surface area (TPSA) is 83.9 Å². The second kappa shape index (κ2) is 8.24. The highest BCUT2D eigenvalue weighted by Crippen LogP contribution is 2.21. The molecule has 0 saturated carbocycles. The van der Waals surface area contributed by atoms with Crippen molar-refractivity contribution in [1.82, 2.24) is 15.3 Å². The van der Waals surface area contributed by atoms with Gasteiger partial charge in [0.05, 0.1) is 13.7 Å². The van der Waals surface area contributed by atoms with Crippen LogP contribution in [0.5, 0.6) is 5.75 Å². The summed E-state index contributed by atoms with van der Waals surface area (Å²) in [6.07, 6.45) is 4.02. The Morgan fingerprint density at radius 3 is 2.73 bits per heavy atom. The van der Waals surface area contributed by atoms with Gasteiger partial charge in [-0.3, -0.25) is 14.6 Å². The van der Waals surface area contributed by atoms with Crippen LogP contribution in [0.25, 0.3) is 0 Å². The average molecular weight is 352 g/mol. The van der Waals surface area contributed by atoms with Gasteiger partial charge in [0.25, 0.3) is 5.91 Å². The molecule has 0 bridgehead atoms. The van der Waals surface area contributed by atoms with Crippen LogP contribution in [0.2, 0.25) is 0 Å². The lowest BCUT2D eigenvalue weighted by atomic mass is 10.1. The quantitative estimate of drug-likeness (QED) is 0.860. The number of carbonyl (C=O) groups excluding carboxylic acids is 2. The van der Waals surface area contributed by atoms with Crippen molar-refractivity contribution in [1.29, 1.82) is 0 Å². The predicted octanol–water partition coefficient (Wildman–Crippen LogP) is 1.89. The number of aromatic nitrogens is 1. The number of methoxy groups -OCH3 is 1. The van der Waals surface area contributed by atoms with Gasteiger partial charge in [0.2, 0.25) is 5.91 Å². The van der Waals surface area contributed by atoms with Crippen LogP contribution in [0.4, 0.5) is 0 Å². The maximum atomic E-state index is 13.0. The van der Waals surface area contributed by atoms with Crippen molar-refractivity contribution in [3.8, 4) is 5.75 Å². The molecule has 3 rings (SSSR count). The van der Waals surface area contributed by atoms with Crippen LogP contribution in [0.1, 0.15) is 24.0 Å². The SMILES string of the molecule is COc1ccccc1CN(Cc1cccnc1)C(=O)C1=NNC(=O)CC1. The van der Waals surface area contributed by atoms with E-state index >= 15 is 0 Å². The molecular formula is C19H20N4O3. The van der Waals surface area contributed by atoms with Gasteiger partial charge in [0.15, 0.2) is 0 Å². The molecule has 1 N–H and O–H groups in total. The van der Waals surface area contributed by atoms with Crippen LogP contribution in [0.3, 0.4) is 0 Å². The first-order chi connectivity index (χ1) is 12.7. The summed E-state index contributed by atoms with van der Waals surface area (Å²) >= 11 is 0. The number of hydrogen-bond acceptors (Lipinski definition) is 5. The molecule has 2 amide bonds. The van der Waals surface area contributed by atoms with E-state index in [1.807, 2.05) is 36.4 Å². The number of pyridine rings is 1. The van der Waals surface area contributed by atoms with Crippen molar-refractivity contribution in [2.75, 3.05) is 7.11 Å². The lowest BCUT2D eigenvalue weighted by molar-refractivity contribution is -0.125. The molecule has 0 radical (unpaired) electrons. The Morgan fingerprint density at radius 1 is 1.19 bits per heavy atom. The fourth-order valence-corrected chi connectivity index (χ4v) is 2.76. The molecule has 2 heterocycles. The molecule has 26 heavy (non-hydrogen) atoms. The summed E-state index contributed by atoms with van der Waals surface area (Å²) in [7, 11) is 1.60. The molecule has 1 aromatic carbocycles. The highest BCUT2D eigenvalue weighted by Gasteiger charge is 2.24. The summed E-state index contributed by atoms with van der Waals surface area (Å²) in [5.74, 6) is 0.334. The lowest BCUT2D eigenvalue weighted by Gasteiger charge is -2.25. The van der Waals surface area contributed by atoms with Crippen molar-refractivity contribution < 1.29 is 14.3 Å². The normalized spacial score (nSPS) is 13.6. The zero-order chi connectivity index (χ0) is 18.4. The van der Waals surface area contributed by atoms with Crippen LogP contribution in [0.15, 0.2) is 53.9 Å². The second-order valence-corrected chi connectivity index (χ2v) is 5.93. The molecule has 0 fully saturated rings. The van der Waals surface area contributed by atoms with Gasteiger partial charge in [0, 0.05) is 37.3 Å². The van der Waals surface area contributed by atoms with Gasteiger partial charge < -0.3 is 9.64 Å². The van der Waals surface area contributed by atoms with Crippen LogP contribution in [-0.4, -0.2) is 34.5 Å². The van der Waals surface area contributed by atoms with Crippen LogP contribution in [-0.2, 0) is 22.7 Å². The van der Waals surface area contributed by atoms with Gasteiger partial charge in [0.1, 0.15) is 11.5 Å². The maximum absolute atomic E-state index is 13.0. The summed E-state index contributed by atoms with van der Waals surface area (Å²) in [5, 5.41) is 3.94. The third-order valence-corrected chi connectivity index (χ3v) is 4.09. The molecule has 7 nitrogen and oxygen atoms in total. The molecule has 134 valence electrons. The van der Waals surface area contributed by atoms with Crippen LogP contribution in [0, 0.1) is 0 Å². The monoisotopic (exact) mass is 352 g/mol. The number of para-hydroxylation sites is 1. The van der Waals surface area contributed by atoms with Crippen molar-refractivity contribution >= 4 is 17.5 Å². The molecule has 2 aromatic rings. The number of hydrogen-bond donors (Lipinski definition) is 1. The van der Waals surface area contributed by atoms with Crippen LogP contribution >= 0.6 is 0 Å². The molecule has 0 saturated heterocycles. The molecular weight excluding hydrogens is 332 g/mol. The van der Waals surface area contributed by atoms with E-state index < -0.39 is 0 Å². The Kier molecular flexibility index (Phi) is 5.58. The largest absolute Gasteiger partial charge is 0.496 e. The summed E-state index contributed by atoms with van der Waals surface area (Å²) in [6.45, 7) is 0.752. The van der Waals surface area contributed by atoms with Gasteiger partial charge in [-0.25, -0.2) is 5.43 Å². The number of benzene rings is 1. The molecule has 1 aliphatic heterocycles. The van der Waals surface area contributed by atoms with E-state index in [-0.39, 0.29) is 18.2 Å². The Hall–Kier alpha value is -3.22. The molecule has 1 aliphatic rings. The Balaban J connectivity index is 1.86. The summed E-state index contributed by atoms with van der Waals surface area (Å²) < 4.78 is 5.40. The number of ether oxygens (including phenoxy) is 1. The summed E-state index contributed by atoms with van der Waals surface area (Å²) in [6, 6.07) is 11.3. The number of hydrazone groups is 1. The first-order valence-electron chi connectivity index (χ1n) is 8.33. The van der Waals surface area contributed by atoms with Gasteiger partial charge in [-0.1, -0.05) is 24.3 Å². The van der Waals surface area contributed by atoms with Gasteiger partial charge in [-0.2, -0.15) is 5.10 Å². The fourth-order valence-electron chi connectivity index (χ4n) is 2.76. The van der Waals surface area contributed by atoms with E-state index in [1.165, 1.54) is 0 Å². The number of amides is 2. The number of nitrogens with zero attached hydrogens (tertiary/aromatic N) is 3. The standard InChI is InChI=1S/C19H20N4O3/c1-26-17-7-3-2-6-15(17)13-23(12-14-5-4-10-20-11-14)19(25)16-8-9-18(24)22-21-16/h2-7,10-11H,8-9,12-13H2,1H3,(H,22,24). The third kappa shape index (κ3) is 4.24. The smallest absolute Gasteiger partial charge is 0.270 e. The van der Waals surface area contributed by atoms with Crippen molar-refractivity contribution in [2.45, 2.75) is 25.9 Å². The van der Waals surface area contributed by atoms with E-state index in [0.717, 1.165) is 16.9 Å². The predicted molar refractivity (Wildman–Crippen MR) is 96.3 cm³/mol. The van der Waals surface area contributed by atoms with Crippen molar-refractivity contribution in [3.63, 3.8) is 0 Å². The van der Waals surface area contributed by atoms with Gasteiger partial charge >= 0.3 is 0 Å². The molecule has 0 spiro atoms. The Labute approximate surface area is 151 Å². The van der Waals surface area contributed by atoms with E-state index in [1.54, 1.807) is 24.4 Å². The average Bonchev–Trinajstić information content (AvgIpc) is 2.69. The zero-order valence-corrected chi connectivity index (χ0v) is 14.5. The van der Waals surface area contributed by atoms with Crippen LogP contribution < -0.4 is 10.2 Å². The van der Waals surface area contributed by atoms with E-state index in [0.29, 0.717) is 25.2 Å². The highest BCUT2D eigenvalue weighted by molar-refractivity contribution is 6.39. The minimum atomic E-state index is -0.209. The number of rotatable bonds is 6. The first-order valence-corrected chi connectivity index (χ1v) is 8.33. The van der Waals surface area contributed by atoms with E-state index in [9.17, 15) is 9.59 Å². The van der Waals surface area contributed by atoms with Crippen molar-refractivity contribution in [2.24, 2.45) is 5.10 Å². The Bertz CT molecular complexity index is 821. The molecule has 0 aliphatic carbocycles. The fraction of sp³-hybridized carbons (Fsp3) is 0.263. The molecule has 0 atom stereocenters. The third-order valence-electron chi connectivity index (χ3n) is 4.09. The van der Waals surface area contributed by atoms with Crippen molar-refractivity contribution in [3.05, 3.63) is 59.9 Å². The van der Waals surface area contributed by atoms with Gasteiger partial charge in [-0.15, -0.1) is 0 Å². The molecule has 0 unspecified atom stereocenters. The molecule has 1 aromatic heterocycles. The molecule has 7 heteroatoms. The maximum Gasteiger partial charge on any atom is 0.270 e. The zero-order valence-electron chi connectivity index (χ0n) is 14.5. The summed E-state index contributed by atoms with van der Waals surface area (Å²) in [4.78, 5) is 30.1. The Morgan fingerprint density at radius 2 is 2.04 bits per heavy atom. The minimum absolute atomic E-state index is 0.176. The summed E-state index contributed by atoms with van der Waals surface area (Å²) in [5.41, 5.74) is 4.54.